The molecule has 0 aromatic rings. The predicted molar refractivity (Wildman–Crippen MR) is 56.0 cm³/mol. The van der Waals surface area contributed by atoms with Crippen molar-refractivity contribution in [2.24, 2.45) is 5.92 Å². The molecule has 0 saturated heterocycles. The maximum Gasteiger partial charge on any atom is 0.405 e. The molecule has 1 fully saturated rings. The number of alkyl halides is 3. The first-order chi connectivity index (χ1) is 8.28. The van der Waals surface area contributed by atoms with Gasteiger partial charge in [-0.3, -0.25) is 4.79 Å². The van der Waals surface area contributed by atoms with Gasteiger partial charge in [0.2, 0.25) is 0 Å². The van der Waals surface area contributed by atoms with Crippen molar-refractivity contribution in [1.29, 1.82) is 0 Å². The molecule has 1 rings (SSSR count). The van der Waals surface area contributed by atoms with Crippen molar-refractivity contribution in [1.82, 2.24) is 10.6 Å². The van der Waals surface area contributed by atoms with Crippen LogP contribution in [0.25, 0.3) is 0 Å². The van der Waals surface area contributed by atoms with Crippen molar-refractivity contribution in [2.45, 2.75) is 37.9 Å². The van der Waals surface area contributed by atoms with Crippen molar-refractivity contribution in [3.63, 3.8) is 0 Å². The molecule has 0 heterocycles. The molecule has 104 valence electrons. The van der Waals surface area contributed by atoms with Gasteiger partial charge in [0.05, 0.1) is 5.92 Å². The highest BCUT2D eigenvalue weighted by atomic mass is 19.4. The Kier molecular flexibility index (Phi) is 4.80. The van der Waals surface area contributed by atoms with Crippen molar-refractivity contribution < 1.29 is 27.9 Å². The molecule has 18 heavy (non-hydrogen) atoms. The Morgan fingerprint density at radius 3 is 2.17 bits per heavy atom. The summed E-state index contributed by atoms with van der Waals surface area (Å²) in [5, 5.41) is 12.9. The van der Waals surface area contributed by atoms with Crippen LogP contribution >= 0.6 is 0 Å². The fraction of sp³-hybridized carbons (Fsp3) is 0.800. The number of nitrogens with one attached hydrogen (secondary N) is 2. The number of carboxylic acids is 1. The molecule has 0 unspecified atom stereocenters. The second kappa shape index (κ2) is 5.92. The zero-order valence-corrected chi connectivity index (χ0v) is 9.59. The molecular weight excluding hydrogens is 253 g/mol. The minimum atomic E-state index is -4.43. The number of urea groups is 1. The van der Waals surface area contributed by atoms with Crippen molar-refractivity contribution in [3.8, 4) is 0 Å². The molecule has 0 aromatic heterocycles. The number of hydrogen-bond acceptors (Lipinski definition) is 2. The summed E-state index contributed by atoms with van der Waals surface area (Å²) >= 11 is 0. The maximum absolute atomic E-state index is 11.8. The average Bonchev–Trinajstić information content (AvgIpc) is 2.26. The number of rotatable bonds is 3. The van der Waals surface area contributed by atoms with E-state index in [1.54, 1.807) is 5.32 Å². The van der Waals surface area contributed by atoms with Gasteiger partial charge >= 0.3 is 18.2 Å². The SMILES string of the molecule is O=C(NCC(F)(F)F)NC1CCC(C(=O)O)CC1. The summed E-state index contributed by atoms with van der Waals surface area (Å²) < 4.78 is 35.5. The predicted octanol–water partition coefficient (Wildman–Crippen LogP) is 1.49. The van der Waals surface area contributed by atoms with Crippen LogP contribution in [0.1, 0.15) is 25.7 Å². The molecule has 0 bridgehead atoms. The van der Waals surface area contributed by atoms with Gasteiger partial charge in [-0.15, -0.1) is 0 Å². The molecule has 1 aliphatic carbocycles. The minimum Gasteiger partial charge on any atom is -0.481 e. The molecule has 0 spiro atoms. The normalized spacial score (nSPS) is 24.4. The number of carboxylic acid groups (broad SMARTS) is 1. The van der Waals surface area contributed by atoms with E-state index in [0.717, 1.165) is 0 Å². The third-order valence-electron chi connectivity index (χ3n) is 2.86. The van der Waals surface area contributed by atoms with Gasteiger partial charge in [0.1, 0.15) is 6.54 Å². The fourth-order valence-corrected chi connectivity index (χ4v) is 1.90. The molecule has 1 saturated carbocycles. The number of hydrogen-bond donors (Lipinski definition) is 3. The van der Waals surface area contributed by atoms with E-state index in [9.17, 15) is 22.8 Å². The Labute approximate surface area is 102 Å². The van der Waals surface area contributed by atoms with Gasteiger partial charge in [-0.2, -0.15) is 13.2 Å². The summed E-state index contributed by atoms with van der Waals surface area (Å²) in [4.78, 5) is 21.8. The van der Waals surface area contributed by atoms with Crippen LogP contribution in [0.3, 0.4) is 0 Å². The lowest BCUT2D eigenvalue weighted by Gasteiger charge is -2.26. The van der Waals surface area contributed by atoms with E-state index >= 15 is 0 Å². The number of amides is 2. The highest BCUT2D eigenvalue weighted by Crippen LogP contribution is 2.24. The zero-order valence-electron chi connectivity index (χ0n) is 9.59. The van der Waals surface area contributed by atoms with E-state index in [-0.39, 0.29) is 6.04 Å². The first kappa shape index (κ1) is 14.6. The van der Waals surface area contributed by atoms with Crippen molar-refractivity contribution in [3.05, 3.63) is 0 Å². The largest absolute Gasteiger partial charge is 0.481 e. The summed E-state index contributed by atoms with van der Waals surface area (Å²) in [5.41, 5.74) is 0. The van der Waals surface area contributed by atoms with Gasteiger partial charge in [-0.25, -0.2) is 4.79 Å². The Bertz CT molecular complexity index is 312. The van der Waals surface area contributed by atoms with Crippen molar-refractivity contribution >= 4 is 12.0 Å². The molecule has 0 atom stereocenters. The van der Waals surface area contributed by atoms with Gasteiger partial charge in [-0.05, 0) is 25.7 Å². The first-order valence-corrected chi connectivity index (χ1v) is 5.62. The van der Waals surface area contributed by atoms with Crippen LogP contribution in [-0.2, 0) is 4.79 Å². The zero-order chi connectivity index (χ0) is 13.8. The molecule has 0 radical (unpaired) electrons. The van der Waals surface area contributed by atoms with Gasteiger partial charge in [0, 0.05) is 6.04 Å². The quantitative estimate of drug-likeness (QED) is 0.725. The summed E-state index contributed by atoms with van der Waals surface area (Å²) in [5.74, 6) is -1.28. The number of halogens is 3. The molecule has 1 aliphatic rings. The standard InChI is InChI=1S/C10H15F3N2O3/c11-10(12,13)5-14-9(18)15-7-3-1-6(2-4-7)8(16)17/h6-7H,1-5H2,(H,16,17)(H2,14,15,18). The van der Waals surface area contributed by atoms with Crippen LogP contribution in [-0.4, -0.2) is 35.9 Å². The molecule has 5 nitrogen and oxygen atoms in total. The first-order valence-electron chi connectivity index (χ1n) is 5.62. The van der Waals surface area contributed by atoms with E-state index in [2.05, 4.69) is 5.32 Å². The van der Waals surface area contributed by atoms with E-state index in [1.165, 1.54) is 0 Å². The Balaban J connectivity index is 2.24. The third-order valence-corrected chi connectivity index (χ3v) is 2.86. The monoisotopic (exact) mass is 268 g/mol. The van der Waals surface area contributed by atoms with E-state index in [0.29, 0.717) is 25.7 Å². The molecule has 8 heteroatoms. The average molecular weight is 268 g/mol. The van der Waals surface area contributed by atoms with Gasteiger partial charge in [0.15, 0.2) is 0 Å². The van der Waals surface area contributed by atoms with Crippen LogP contribution in [0.5, 0.6) is 0 Å². The highest BCUT2D eigenvalue weighted by Gasteiger charge is 2.29. The summed E-state index contributed by atoms with van der Waals surface area (Å²) in [6, 6.07) is -1.13. The lowest BCUT2D eigenvalue weighted by atomic mass is 9.86. The van der Waals surface area contributed by atoms with Gasteiger partial charge in [-0.1, -0.05) is 0 Å². The van der Waals surface area contributed by atoms with E-state index in [1.807, 2.05) is 0 Å². The Morgan fingerprint density at radius 2 is 1.72 bits per heavy atom. The smallest absolute Gasteiger partial charge is 0.405 e. The number of carbonyl (C=O) groups is 2. The topological polar surface area (TPSA) is 78.4 Å². The molecule has 0 aliphatic heterocycles. The second-order valence-corrected chi connectivity index (χ2v) is 4.33. The lowest BCUT2D eigenvalue weighted by molar-refractivity contribution is -0.142. The van der Waals surface area contributed by atoms with E-state index < -0.39 is 30.6 Å². The second-order valence-electron chi connectivity index (χ2n) is 4.33. The summed E-state index contributed by atoms with van der Waals surface area (Å²) in [6.07, 6.45) is -2.63. The Morgan fingerprint density at radius 1 is 1.17 bits per heavy atom. The van der Waals surface area contributed by atoms with Crippen LogP contribution in [0.4, 0.5) is 18.0 Å². The summed E-state index contributed by atoms with van der Waals surface area (Å²) in [6.45, 7) is -1.37. The van der Waals surface area contributed by atoms with Crippen LogP contribution in [0, 0.1) is 5.92 Å². The van der Waals surface area contributed by atoms with Crippen LogP contribution in [0.15, 0.2) is 0 Å². The van der Waals surface area contributed by atoms with E-state index in [4.69, 9.17) is 5.11 Å². The summed E-state index contributed by atoms with van der Waals surface area (Å²) in [7, 11) is 0. The number of aliphatic carboxylic acids is 1. The highest BCUT2D eigenvalue weighted by molar-refractivity contribution is 5.74. The fourth-order valence-electron chi connectivity index (χ4n) is 1.90. The molecule has 3 N–H and O–H groups in total. The molecule has 2 amide bonds. The maximum atomic E-state index is 11.8. The number of carbonyl (C=O) groups excluding carboxylic acids is 1. The van der Waals surface area contributed by atoms with Gasteiger partial charge in [0.25, 0.3) is 0 Å². The third kappa shape index (κ3) is 5.24. The minimum absolute atomic E-state index is 0.256. The lowest BCUT2D eigenvalue weighted by Crippen LogP contribution is -2.46. The van der Waals surface area contributed by atoms with Crippen molar-refractivity contribution in [2.75, 3.05) is 6.54 Å². The molecular formula is C10H15F3N2O3. The Hall–Kier alpha value is -1.47. The van der Waals surface area contributed by atoms with Crippen LogP contribution < -0.4 is 10.6 Å². The van der Waals surface area contributed by atoms with Crippen LogP contribution in [0.2, 0.25) is 0 Å². The molecule has 0 aromatic carbocycles. The van der Waals surface area contributed by atoms with Gasteiger partial charge < -0.3 is 15.7 Å².